The molecule has 64 heavy (non-hydrogen) atoms. The molecule has 2 atom stereocenters. The lowest BCUT2D eigenvalue weighted by Crippen LogP contribution is -2.63. The van der Waals surface area contributed by atoms with Crippen LogP contribution >= 0.6 is 0 Å². The number of hydrogen-bond donors (Lipinski definition) is 3. The van der Waals surface area contributed by atoms with Crippen molar-refractivity contribution in [3.05, 3.63) is 100 Å². The second-order valence-electron chi connectivity index (χ2n) is 16.8. The van der Waals surface area contributed by atoms with Gasteiger partial charge in [0.15, 0.2) is 11.5 Å². The molecule has 4 saturated heterocycles. The maximum atomic E-state index is 16.4. The second-order valence-corrected chi connectivity index (χ2v) is 16.8. The van der Waals surface area contributed by atoms with Crippen LogP contribution in [-0.2, 0) is 9.59 Å². The average molecular weight is 877 g/mol. The number of likely N-dealkylation sites (tertiary alicyclic amines) is 2. The van der Waals surface area contributed by atoms with Crippen molar-refractivity contribution < 1.29 is 42.6 Å². The molecule has 4 N–H and O–H groups in total. The van der Waals surface area contributed by atoms with Crippen LogP contribution in [0.25, 0.3) is 16.9 Å². The maximum Gasteiger partial charge on any atom is 0.338 e. The van der Waals surface area contributed by atoms with Gasteiger partial charge in [0.25, 0.3) is 17.7 Å². The Morgan fingerprint density at radius 3 is 2.22 bits per heavy atom. The number of anilines is 2. The van der Waals surface area contributed by atoms with E-state index in [4.69, 9.17) is 10.5 Å². The number of para-hydroxylation sites is 1. The van der Waals surface area contributed by atoms with E-state index in [1.165, 1.54) is 16.7 Å². The third-order valence-electron chi connectivity index (χ3n) is 13.2. The third kappa shape index (κ3) is 6.83. The van der Waals surface area contributed by atoms with E-state index in [0.29, 0.717) is 62.8 Å². The van der Waals surface area contributed by atoms with Crippen LogP contribution in [-0.4, -0.2) is 132 Å². The molecule has 330 valence electrons. The summed E-state index contributed by atoms with van der Waals surface area (Å²) in [5.41, 5.74) is 5.68. The number of rotatable bonds is 9. The number of nitrogens with zero attached hydrogens (tertiary/aromatic N) is 8. The number of benzene rings is 3. The Bertz CT molecular complexity index is 2800. The van der Waals surface area contributed by atoms with Crippen LogP contribution in [0.4, 0.5) is 20.3 Å². The molecule has 2 aromatic heterocycles. The number of carbonyl (C=O) groups excluding carboxylic acids is 4. The van der Waals surface area contributed by atoms with E-state index in [0.717, 1.165) is 15.8 Å². The molecule has 0 spiro atoms. The predicted molar refractivity (Wildman–Crippen MR) is 225 cm³/mol. The fourth-order valence-corrected chi connectivity index (χ4v) is 9.99. The number of carboxylic acids is 1. The van der Waals surface area contributed by atoms with Gasteiger partial charge in [0.2, 0.25) is 11.8 Å². The Morgan fingerprint density at radius 1 is 0.828 bits per heavy atom. The molecule has 4 fully saturated rings. The number of imidazole rings is 1. The standard InChI is InChI=1S/C44H42F2N10O8/c45-44(46)22-52(19-16-32(44)56-38-36(37(47)48-23-49-38)54(43(56)63)25-6-8-28(9-7-25)64-27-4-2-1-3-5-27)24-14-17-51(18-15-24)26-20-53(21-26)30-11-10-29-34(35(30)42(61)62)41(60)55(40(29)59)31-12-13-33(57)50-39(31)58/h1-11,23-24,26,31-32H,12-22H2,(H,61,62)(H2,47,48,49)(H,50,57,58)/t31?,32-/m1/s1. The van der Waals surface area contributed by atoms with Crippen LogP contribution < -0.4 is 26.4 Å². The molecule has 7 heterocycles. The topological polar surface area (TPSA) is 219 Å². The molecule has 20 heteroatoms. The van der Waals surface area contributed by atoms with E-state index in [-0.39, 0.29) is 70.7 Å². The highest BCUT2D eigenvalue weighted by Crippen LogP contribution is 2.41. The second kappa shape index (κ2) is 15.6. The number of imide groups is 2. The first-order valence-corrected chi connectivity index (χ1v) is 21.1. The van der Waals surface area contributed by atoms with E-state index >= 15 is 8.78 Å². The van der Waals surface area contributed by atoms with E-state index in [9.17, 15) is 33.9 Å². The first-order chi connectivity index (χ1) is 30.8. The number of alkyl halides is 2. The molecule has 4 amide bonds. The average Bonchev–Trinajstić information content (AvgIpc) is 3.69. The quantitative estimate of drug-likeness (QED) is 0.181. The Morgan fingerprint density at radius 2 is 1.53 bits per heavy atom. The van der Waals surface area contributed by atoms with Gasteiger partial charge in [-0.3, -0.25) is 48.3 Å². The van der Waals surface area contributed by atoms with E-state index in [2.05, 4.69) is 20.2 Å². The van der Waals surface area contributed by atoms with Gasteiger partial charge in [0.1, 0.15) is 35.4 Å². The molecule has 0 radical (unpaired) electrons. The Balaban J connectivity index is 0.792. The van der Waals surface area contributed by atoms with Crippen LogP contribution in [0.5, 0.6) is 11.5 Å². The largest absolute Gasteiger partial charge is 0.478 e. The third-order valence-corrected chi connectivity index (χ3v) is 13.2. The highest BCUT2D eigenvalue weighted by atomic mass is 19.3. The summed E-state index contributed by atoms with van der Waals surface area (Å²) in [5, 5.41) is 12.4. The maximum absolute atomic E-state index is 16.4. The van der Waals surface area contributed by atoms with Crippen LogP contribution in [0.3, 0.4) is 0 Å². The molecule has 5 aliphatic heterocycles. The van der Waals surface area contributed by atoms with Crippen molar-refractivity contribution in [2.45, 2.75) is 62.2 Å². The highest BCUT2D eigenvalue weighted by Gasteiger charge is 2.51. The number of amides is 4. The molecule has 0 bridgehead atoms. The number of halogens is 2. The number of aromatic nitrogens is 4. The normalized spacial score (nSPS) is 22.2. The van der Waals surface area contributed by atoms with Crippen molar-refractivity contribution in [3.63, 3.8) is 0 Å². The van der Waals surface area contributed by atoms with Crippen molar-refractivity contribution in [2.75, 3.05) is 49.9 Å². The van der Waals surface area contributed by atoms with Gasteiger partial charge < -0.3 is 20.5 Å². The van der Waals surface area contributed by atoms with Crippen molar-refractivity contribution in [3.8, 4) is 17.2 Å². The lowest BCUT2D eigenvalue weighted by Gasteiger charge is -2.50. The lowest BCUT2D eigenvalue weighted by molar-refractivity contribution is -0.136. The van der Waals surface area contributed by atoms with Crippen LogP contribution in [0.15, 0.2) is 77.9 Å². The number of nitrogen functional groups attached to an aromatic ring is 1. The van der Waals surface area contributed by atoms with Crippen LogP contribution in [0, 0.1) is 0 Å². The number of aromatic carboxylic acids is 1. The Hall–Kier alpha value is -7.06. The minimum Gasteiger partial charge on any atom is -0.478 e. The summed E-state index contributed by atoms with van der Waals surface area (Å²) in [5.74, 6) is -6.56. The van der Waals surface area contributed by atoms with E-state index < -0.39 is 59.8 Å². The number of fused-ring (bicyclic) bond motifs is 2. The number of carboxylic acid groups (broad SMARTS) is 1. The minimum atomic E-state index is -3.30. The fraction of sp³-hybridized carbons (Fsp3) is 0.364. The van der Waals surface area contributed by atoms with Gasteiger partial charge in [-0.15, -0.1) is 0 Å². The SMILES string of the molecule is Nc1ncnc2c1n(-c1ccc(Oc3ccccc3)cc1)c(=O)n2[C@@H]1CCN(C2CCN(C3CN(c4ccc5c(c4C(=O)O)C(=O)N(C4CCC(=O)NC4=O)C5=O)C3)CC2)CC1(F)F. The zero-order valence-corrected chi connectivity index (χ0v) is 34.2. The molecular formula is C44H42F2N10O8. The summed E-state index contributed by atoms with van der Waals surface area (Å²) in [6.07, 6.45) is 2.27. The summed E-state index contributed by atoms with van der Waals surface area (Å²) in [6.45, 7) is 1.89. The number of nitrogens with two attached hydrogens (primary N) is 1. The molecule has 3 aromatic carbocycles. The summed E-state index contributed by atoms with van der Waals surface area (Å²) in [7, 11) is 0. The number of hydrogen-bond acceptors (Lipinski definition) is 13. The fourth-order valence-electron chi connectivity index (χ4n) is 9.99. The smallest absolute Gasteiger partial charge is 0.338 e. The molecule has 5 aliphatic rings. The number of ether oxygens (including phenoxy) is 1. The van der Waals surface area contributed by atoms with Gasteiger partial charge in [0.05, 0.1) is 34.6 Å². The van der Waals surface area contributed by atoms with Gasteiger partial charge in [-0.25, -0.2) is 28.3 Å². The van der Waals surface area contributed by atoms with Crippen molar-refractivity contribution in [2.24, 2.45) is 0 Å². The van der Waals surface area contributed by atoms with Gasteiger partial charge in [-0.05, 0) is 74.2 Å². The highest BCUT2D eigenvalue weighted by molar-refractivity contribution is 6.27. The molecule has 10 rings (SSSR count). The van der Waals surface area contributed by atoms with Gasteiger partial charge in [-0.1, -0.05) is 18.2 Å². The minimum absolute atomic E-state index is 0.0103. The van der Waals surface area contributed by atoms with Crippen molar-refractivity contribution in [1.82, 2.24) is 39.1 Å². The Labute approximate surface area is 362 Å². The van der Waals surface area contributed by atoms with Crippen LogP contribution in [0.2, 0.25) is 0 Å². The van der Waals surface area contributed by atoms with Crippen molar-refractivity contribution >= 4 is 52.3 Å². The summed E-state index contributed by atoms with van der Waals surface area (Å²) >= 11 is 0. The first-order valence-electron chi connectivity index (χ1n) is 21.1. The van der Waals surface area contributed by atoms with E-state index in [1.807, 2.05) is 23.1 Å². The van der Waals surface area contributed by atoms with Gasteiger partial charge in [0, 0.05) is 51.2 Å². The molecule has 5 aromatic rings. The van der Waals surface area contributed by atoms with Crippen LogP contribution in [0.1, 0.15) is 69.2 Å². The number of carbonyl (C=O) groups is 5. The first kappa shape index (κ1) is 41.0. The molecule has 1 unspecified atom stereocenters. The van der Waals surface area contributed by atoms with Crippen molar-refractivity contribution in [1.29, 1.82) is 0 Å². The molecular weight excluding hydrogens is 835 g/mol. The number of nitrogens with one attached hydrogen (secondary N) is 1. The summed E-state index contributed by atoms with van der Waals surface area (Å²) in [6, 6.07) is 15.9. The molecule has 18 nitrogen and oxygen atoms in total. The monoisotopic (exact) mass is 876 g/mol. The summed E-state index contributed by atoms with van der Waals surface area (Å²) in [4.78, 5) is 93.0. The predicted octanol–water partition coefficient (Wildman–Crippen LogP) is 3.29. The molecule has 0 aliphatic carbocycles. The zero-order valence-electron chi connectivity index (χ0n) is 34.2. The van der Waals surface area contributed by atoms with Gasteiger partial charge >= 0.3 is 11.7 Å². The zero-order chi connectivity index (χ0) is 44.6. The summed E-state index contributed by atoms with van der Waals surface area (Å²) < 4.78 is 41.1. The lowest BCUT2D eigenvalue weighted by atomic mass is 9.93. The van der Waals surface area contributed by atoms with E-state index in [1.54, 1.807) is 41.3 Å². The Kier molecular flexibility index (Phi) is 10.0. The number of piperidine rings is 3. The molecule has 0 saturated carbocycles. The van der Waals surface area contributed by atoms with Gasteiger partial charge in [-0.2, -0.15) is 0 Å².